The Morgan fingerprint density at radius 2 is 2.29 bits per heavy atom. The van der Waals surface area contributed by atoms with Gasteiger partial charge in [0.05, 0.1) is 5.69 Å². The van der Waals surface area contributed by atoms with Gasteiger partial charge in [-0.15, -0.1) is 0 Å². The minimum absolute atomic E-state index is 0.868. The topological polar surface area (TPSA) is 28.2 Å². The predicted molar refractivity (Wildman–Crippen MR) is 68.7 cm³/mol. The normalized spacial score (nSPS) is 29.2. The number of hydrogen-bond acceptors (Lipinski definition) is 3. The number of hydrogen-bond donors (Lipinski definition) is 1. The van der Waals surface area contributed by atoms with Crippen LogP contribution in [0.5, 0.6) is 0 Å². The first kappa shape index (κ1) is 11.2. The van der Waals surface area contributed by atoms with E-state index in [-0.39, 0.29) is 0 Å². The highest BCUT2D eigenvalue weighted by Crippen LogP contribution is 2.27. The summed E-state index contributed by atoms with van der Waals surface area (Å²) in [5, 5.41) is 3.52. The number of likely N-dealkylation sites (tertiary alicyclic amines) is 1. The SMILES string of the molecule is Cc1cccnc1CN1CCC2CNCC2C1. The molecule has 2 unspecified atom stereocenters. The van der Waals surface area contributed by atoms with Gasteiger partial charge < -0.3 is 5.32 Å². The summed E-state index contributed by atoms with van der Waals surface area (Å²) in [7, 11) is 0. The molecule has 17 heavy (non-hydrogen) atoms. The van der Waals surface area contributed by atoms with Gasteiger partial charge in [-0.2, -0.15) is 0 Å². The molecule has 0 spiro atoms. The molecule has 0 aliphatic carbocycles. The fourth-order valence-corrected chi connectivity index (χ4v) is 3.15. The number of fused-ring (bicyclic) bond motifs is 1. The smallest absolute Gasteiger partial charge is 0.0573 e. The van der Waals surface area contributed by atoms with Crippen molar-refractivity contribution in [2.24, 2.45) is 11.8 Å². The van der Waals surface area contributed by atoms with Crippen LogP contribution < -0.4 is 5.32 Å². The summed E-state index contributed by atoms with van der Waals surface area (Å²) in [6, 6.07) is 4.18. The fraction of sp³-hybridized carbons (Fsp3) is 0.643. The summed E-state index contributed by atoms with van der Waals surface area (Å²) in [6.45, 7) is 8.11. The maximum atomic E-state index is 4.50. The fourth-order valence-electron chi connectivity index (χ4n) is 3.15. The quantitative estimate of drug-likeness (QED) is 0.834. The zero-order valence-corrected chi connectivity index (χ0v) is 10.5. The van der Waals surface area contributed by atoms with E-state index in [1.807, 2.05) is 12.3 Å². The molecule has 1 aromatic heterocycles. The summed E-state index contributed by atoms with van der Waals surface area (Å²) < 4.78 is 0. The van der Waals surface area contributed by atoms with Crippen molar-refractivity contribution in [3.05, 3.63) is 29.6 Å². The Bertz CT molecular complexity index is 391. The Morgan fingerprint density at radius 1 is 1.41 bits per heavy atom. The number of aromatic nitrogens is 1. The van der Waals surface area contributed by atoms with E-state index in [0.717, 1.165) is 18.4 Å². The van der Waals surface area contributed by atoms with E-state index in [4.69, 9.17) is 0 Å². The molecule has 1 N–H and O–H groups in total. The molecule has 3 rings (SSSR count). The number of pyridine rings is 1. The molecule has 2 saturated heterocycles. The highest BCUT2D eigenvalue weighted by molar-refractivity contribution is 5.17. The molecule has 0 bridgehead atoms. The molecule has 3 heterocycles. The van der Waals surface area contributed by atoms with Crippen molar-refractivity contribution in [3.8, 4) is 0 Å². The van der Waals surface area contributed by atoms with Crippen LogP contribution in [0.2, 0.25) is 0 Å². The van der Waals surface area contributed by atoms with Crippen LogP contribution in [-0.4, -0.2) is 36.1 Å². The van der Waals surface area contributed by atoms with Gasteiger partial charge in [-0.3, -0.25) is 9.88 Å². The first-order valence-electron chi connectivity index (χ1n) is 6.66. The second kappa shape index (κ2) is 4.75. The molecule has 2 aliphatic heterocycles. The maximum Gasteiger partial charge on any atom is 0.0573 e. The molecular weight excluding hydrogens is 210 g/mol. The lowest BCUT2D eigenvalue weighted by molar-refractivity contribution is 0.140. The number of aryl methyl sites for hydroxylation is 1. The van der Waals surface area contributed by atoms with Gasteiger partial charge in [0, 0.05) is 19.3 Å². The van der Waals surface area contributed by atoms with Gasteiger partial charge in [0.2, 0.25) is 0 Å². The van der Waals surface area contributed by atoms with Crippen LogP contribution in [0.3, 0.4) is 0 Å². The number of nitrogens with one attached hydrogen (secondary N) is 1. The van der Waals surface area contributed by atoms with Crippen LogP contribution in [-0.2, 0) is 6.54 Å². The molecule has 2 atom stereocenters. The Labute approximate surface area is 103 Å². The molecule has 92 valence electrons. The van der Waals surface area contributed by atoms with E-state index >= 15 is 0 Å². The Balaban J connectivity index is 1.64. The van der Waals surface area contributed by atoms with E-state index < -0.39 is 0 Å². The van der Waals surface area contributed by atoms with Crippen molar-refractivity contribution in [2.75, 3.05) is 26.2 Å². The van der Waals surface area contributed by atoms with Crippen molar-refractivity contribution < 1.29 is 0 Å². The Morgan fingerprint density at radius 3 is 3.18 bits per heavy atom. The molecular formula is C14H21N3. The summed E-state index contributed by atoms with van der Waals surface area (Å²) in [5.74, 6) is 1.80. The molecule has 2 aliphatic rings. The summed E-state index contributed by atoms with van der Waals surface area (Å²) in [5.41, 5.74) is 2.57. The van der Waals surface area contributed by atoms with Crippen molar-refractivity contribution in [2.45, 2.75) is 19.9 Å². The highest BCUT2D eigenvalue weighted by atomic mass is 15.2. The molecule has 0 radical (unpaired) electrons. The molecule has 3 nitrogen and oxygen atoms in total. The van der Waals surface area contributed by atoms with Gasteiger partial charge in [0.25, 0.3) is 0 Å². The van der Waals surface area contributed by atoms with Crippen LogP contribution in [0.25, 0.3) is 0 Å². The number of rotatable bonds is 2. The van der Waals surface area contributed by atoms with Crippen molar-refractivity contribution in [1.29, 1.82) is 0 Å². The summed E-state index contributed by atoms with van der Waals surface area (Å²) in [4.78, 5) is 7.07. The number of nitrogens with zero attached hydrogens (tertiary/aromatic N) is 2. The van der Waals surface area contributed by atoms with Crippen molar-refractivity contribution in [1.82, 2.24) is 15.2 Å². The van der Waals surface area contributed by atoms with Crippen LogP contribution in [0.1, 0.15) is 17.7 Å². The molecule has 0 amide bonds. The monoisotopic (exact) mass is 231 g/mol. The Kier molecular flexibility index (Phi) is 3.12. The lowest BCUT2D eigenvalue weighted by atomic mass is 9.88. The van der Waals surface area contributed by atoms with E-state index in [0.29, 0.717) is 0 Å². The first-order valence-corrected chi connectivity index (χ1v) is 6.66. The largest absolute Gasteiger partial charge is 0.316 e. The number of piperidine rings is 1. The van der Waals surface area contributed by atoms with E-state index in [1.54, 1.807) is 0 Å². The van der Waals surface area contributed by atoms with Crippen molar-refractivity contribution >= 4 is 0 Å². The lowest BCUT2D eigenvalue weighted by Crippen LogP contribution is -2.39. The predicted octanol–water partition coefficient (Wildman–Crippen LogP) is 1.43. The average Bonchev–Trinajstić information content (AvgIpc) is 2.79. The summed E-state index contributed by atoms with van der Waals surface area (Å²) in [6.07, 6.45) is 3.26. The second-order valence-corrected chi connectivity index (χ2v) is 5.47. The highest BCUT2D eigenvalue weighted by Gasteiger charge is 2.32. The Hall–Kier alpha value is -0.930. The molecule has 0 aromatic carbocycles. The third-order valence-electron chi connectivity index (χ3n) is 4.28. The van der Waals surface area contributed by atoms with Crippen molar-refractivity contribution in [3.63, 3.8) is 0 Å². The van der Waals surface area contributed by atoms with E-state index in [9.17, 15) is 0 Å². The van der Waals surface area contributed by atoms with Gasteiger partial charge in [-0.1, -0.05) is 6.07 Å². The lowest BCUT2D eigenvalue weighted by Gasteiger charge is -2.34. The minimum atomic E-state index is 0.868. The van der Waals surface area contributed by atoms with Gasteiger partial charge in [-0.25, -0.2) is 0 Å². The van der Waals surface area contributed by atoms with Crippen LogP contribution in [0.4, 0.5) is 0 Å². The average molecular weight is 231 g/mol. The third-order valence-corrected chi connectivity index (χ3v) is 4.28. The van der Waals surface area contributed by atoms with E-state index in [1.165, 1.54) is 43.9 Å². The molecule has 0 saturated carbocycles. The zero-order valence-electron chi connectivity index (χ0n) is 10.5. The molecule has 1 aromatic rings. The van der Waals surface area contributed by atoms with Crippen LogP contribution >= 0.6 is 0 Å². The standard InChI is InChI=1S/C14H21N3/c1-11-3-2-5-16-14(11)10-17-6-4-12-7-15-8-13(12)9-17/h2-3,5,12-13,15H,4,6-10H2,1H3. The maximum absolute atomic E-state index is 4.50. The van der Waals surface area contributed by atoms with Crippen LogP contribution in [0, 0.1) is 18.8 Å². The van der Waals surface area contributed by atoms with Gasteiger partial charge in [-0.05, 0) is 56.4 Å². The molecule has 3 heteroatoms. The van der Waals surface area contributed by atoms with Crippen LogP contribution in [0.15, 0.2) is 18.3 Å². The second-order valence-electron chi connectivity index (χ2n) is 5.47. The summed E-state index contributed by atoms with van der Waals surface area (Å²) >= 11 is 0. The van der Waals surface area contributed by atoms with Gasteiger partial charge in [0.15, 0.2) is 0 Å². The zero-order chi connectivity index (χ0) is 11.7. The third kappa shape index (κ3) is 2.35. The first-order chi connectivity index (χ1) is 8.33. The van der Waals surface area contributed by atoms with Gasteiger partial charge >= 0.3 is 0 Å². The minimum Gasteiger partial charge on any atom is -0.316 e. The van der Waals surface area contributed by atoms with E-state index in [2.05, 4.69) is 28.2 Å². The van der Waals surface area contributed by atoms with Gasteiger partial charge in [0.1, 0.15) is 0 Å². The molecule has 2 fully saturated rings.